The molecule has 0 bridgehead atoms. The van der Waals surface area contributed by atoms with Gasteiger partial charge in [-0.15, -0.1) is 0 Å². The average molecular weight is 448 g/mol. The third-order valence-electron chi connectivity index (χ3n) is 6.25. The minimum atomic E-state index is 0.763. The smallest absolute Gasteiger partial charge is 0.173 e. The van der Waals surface area contributed by atoms with Crippen LogP contribution in [0.3, 0.4) is 0 Å². The van der Waals surface area contributed by atoms with Crippen LogP contribution in [0.25, 0.3) is 0 Å². The summed E-state index contributed by atoms with van der Waals surface area (Å²) < 4.78 is 2.06. The zero-order chi connectivity index (χ0) is 22.7. The molecule has 0 aliphatic carbocycles. The second-order valence-corrected chi connectivity index (χ2v) is 9.25. The summed E-state index contributed by atoms with van der Waals surface area (Å²) in [4.78, 5) is 4.77. The van der Waals surface area contributed by atoms with Gasteiger partial charge in [-0.05, 0) is 51.0 Å². The van der Waals surface area contributed by atoms with E-state index in [1.165, 1.54) is 22.3 Å². The van der Waals surface area contributed by atoms with E-state index in [9.17, 15) is 0 Å². The number of rotatable bonds is 5. The minimum Gasteiger partial charge on any atom is -0.346 e. The summed E-state index contributed by atoms with van der Waals surface area (Å²) >= 11 is 5.77. The van der Waals surface area contributed by atoms with Crippen molar-refractivity contribution in [2.75, 3.05) is 31.5 Å². The number of hydrogen-bond donors (Lipinski definition) is 1. The molecule has 2 aromatic carbocycles. The summed E-state index contributed by atoms with van der Waals surface area (Å²) in [5.74, 6) is 0. The summed E-state index contributed by atoms with van der Waals surface area (Å²) in [6, 6.07) is 17.5. The second-order valence-electron chi connectivity index (χ2n) is 8.87. The third kappa shape index (κ3) is 5.37. The van der Waals surface area contributed by atoms with Crippen molar-refractivity contribution in [3.05, 3.63) is 82.2 Å². The van der Waals surface area contributed by atoms with Gasteiger partial charge in [0, 0.05) is 32.7 Å². The number of nitrogens with one attached hydrogen (secondary N) is 1. The molecule has 3 aromatic rings. The number of aromatic nitrogens is 2. The third-order valence-corrected chi connectivity index (χ3v) is 6.61. The largest absolute Gasteiger partial charge is 0.346 e. The molecule has 0 unspecified atom stereocenters. The predicted octanol–water partition coefficient (Wildman–Crippen LogP) is 4.68. The van der Waals surface area contributed by atoms with E-state index in [1.54, 1.807) is 0 Å². The fraction of sp³-hybridized carbons (Fsp3) is 0.385. The lowest BCUT2D eigenvalue weighted by Crippen LogP contribution is -2.49. The van der Waals surface area contributed by atoms with Crippen molar-refractivity contribution in [2.45, 2.75) is 40.8 Å². The van der Waals surface area contributed by atoms with Gasteiger partial charge in [-0.2, -0.15) is 5.10 Å². The lowest BCUT2D eigenvalue weighted by molar-refractivity contribution is 0.177. The molecule has 0 saturated carbocycles. The van der Waals surface area contributed by atoms with Crippen molar-refractivity contribution >= 4 is 23.0 Å². The SMILES string of the molecule is Cc1ccc(CN2CCN(C(=S)Nc3c(C)nn(Cc4ccc(C)cc4)c3C)CC2)cc1. The van der Waals surface area contributed by atoms with Crippen LogP contribution in [0.4, 0.5) is 5.69 Å². The molecule has 5 nitrogen and oxygen atoms in total. The van der Waals surface area contributed by atoms with Crippen LogP contribution in [0.2, 0.25) is 0 Å². The maximum atomic E-state index is 5.77. The normalized spacial score (nSPS) is 14.6. The first-order chi connectivity index (χ1) is 15.4. The van der Waals surface area contributed by atoms with E-state index in [4.69, 9.17) is 17.3 Å². The Morgan fingerprint density at radius 1 is 0.812 bits per heavy atom. The van der Waals surface area contributed by atoms with E-state index in [1.807, 2.05) is 6.92 Å². The van der Waals surface area contributed by atoms with Gasteiger partial charge in [-0.25, -0.2) is 0 Å². The monoisotopic (exact) mass is 447 g/mol. The Morgan fingerprint density at radius 2 is 1.34 bits per heavy atom. The molecular formula is C26H33N5S. The zero-order valence-corrected chi connectivity index (χ0v) is 20.4. The summed E-state index contributed by atoms with van der Waals surface area (Å²) in [7, 11) is 0. The number of piperazine rings is 1. The van der Waals surface area contributed by atoms with Gasteiger partial charge in [0.2, 0.25) is 0 Å². The Kier molecular flexibility index (Phi) is 6.92. The molecule has 6 heteroatoms. The molecule has 1 aliphatic heterocycles. The van der Waals surface area contributed by atoms with Gasteiger partial charge in [-0.3, -0.25) is 9.58 Å². The molecule has 1 fully saturated rings. The van der Waals surface area contributed by atoms with Gasteiger partial charge in [0.25, 0.3) is 0 Å². The van der Waals surface area contributed by atoms with Crippen LogP contribution >= 0.6 is 12.2 Å². The highest BCUT2D eigenvalue weighted by molar-refractivity contribution is 7.80. The van der Waals surface area contributed by atoms with Crippen LogP contribution in [0.5, 0.6) is 0 Å². The van der Waals surface area contributed by atoms with Crippen molar-refractivity contribution in [1.82, 2.24) is 19.6 Å². The summed E-state index contributed by atoms with van der Waals surface area (Å²) in [6.45, 7) is 14.1. The molecule has 2 heterocycles. The highest BCUT2D eigenvalue weighted by Crippen LogP contribution is 2.22. The fourth-order valence-electron chi connectivity index (χ4n) is 4.14. The van der Waals surface area contributed by atoms with E-state index >= 15 is 0 Å². The van der Waals surface area contributed by atoms with Gasteiger partial charge >= 0.3 is 0 Å². The van der Waals surface area contributed by atoms with E-state index in [2.05, 4.69) is 89.1 Å². The molecule has 1 N–H and O–H groups in total. The molecular weight excluding hydrogens is 414 g/mol. The van der Waals surface area contributed by atoms with E-state index in [-0.39, 0.29) is 0 Å². The molecule has 4 rings (SSSR count). The van der Waals surface area contributed by atoms with Gasteiger partial charge < -0.3 is 10.2 Å². The molecule has 168 valence electrons. The highest BCUT2D eigenvalue weighted by atomic mass is 32.1. The molecule has 1 saturated heterocycles. The quantitative estimate of drug-likeness (QED) is 0.575. The van der Waals surface area contributed by atoms with Crippen LogP contribution in [-0.4, -0.2) is 50.9 Å². The average Bonchev–Trinajstić information content (AvgIpc) is 3.04. The van der Waals surface area contributed by atoms with Crippen molar-refractivity contribution in [1.29, 1.82) is 0 Å². The maximum Gasteiger partial charge on any atom is 0.173 e. The highest BCUT2D eigenvalue weighted by Gasteiger charge is 2.21. The maximum absolute atomic E-state index is 5.77. The van der Waals surface area contributed by atoms with Gasteiger partial charge in [0.15, 0.2) is 5.11 Å². The molecule has 0 spiro atoms. The van der Waals surface area contributed by atoms with Crippen molar-refractivity contribution in [3.8, 4) is 0 Å². The van der Waals surface area contributed by atoms with Gasteiger partial charge in [0.05, 0.1) is 23.6 Å². The molecule has 32 heavy (non-hydrogen) atoms. The predicted molar refractivity (Wildman–Crippen MR) is 136 cm³/mol. The second kappa shape index (κ2) is 9.84. The molecule has 0 atom stereocenters. The molecule has 0 amide bonds. The standard InChI is InChI=1S/C26H33N5S/c1-19-5-9-23(10-6-19)17-29-13-15-30(16-14-29)26(32)27-25-21(3)28-31(22(25)4)18-24-11-7-20(2)8-12-24/h5-12H,13-18H2,1-4H3,(H,27,32). The fourth-order valence-corrected chi connectivity index (χ4v) is 4.43. The lowest BCUT2D eigenvalue weighted by Gasteiger charge is -2.36. The Balaban J connectivity index is 1.33. The number of hydrogen-bond acceptors (Lipinski definition) is 3. The number of anilines is 1. The van der Waals surface area contributed by atoms with Gasteiger partial charge in [-0.1, -0.05) is 59.7 Å². The summed E-state index contributed by atoms with van der Waals surface area (Å²) in [6.07, 6.45) is 0. The van der Waals surface area contributed by atoms with Crippen LogP contribution < -0.4 is 5.32 Å². The first-order valence-corrected chi connectivity index (χ1v) is 11.7. The number of nitrogens with zero attached hydrogens (tertiary/aromatic N) is 4. The van der Waals surface area contributed by atoms with E-state index < -0.39 is 0 Å². The van der Waals surface area contributed by atoms with Crippen molar-refractivity contribution < 1.29 is 0 Å². The molecule has 1 aliphatic rings. The summed E-state index contributed by atoms with van der Waals surface area (Å²) in [5, 5.41) is 9.04. The van der Waals surface area contributed by atoms with Crippen LogP contribution in [-0.2, 0) is 13.1 Å². The Labute approximate surface area is 197 Å². The minimum absolute atomic E-state index is 0.763. The van der Waals surface area contributed by atoms with E-state index in [0.29, 0.717) is 0 Å². The van der Waals surface area contributed by atoms with Crippen LogP contribution in [0.15, 0.2) is 48.5 Å². The lowest BCUT2D eigenvalue weighted by atomic mass is 10.1. The first kappa shape index (κ1) is 22.5. The zero-order valence-electron chi connectivity index (χ0n) is 19.6. The van der Waals surface area contributed by atoms with Crippen LogP contribution in [0.1, 0.15) is 33.6 Å². The van der Waals surface area contributed by atoms with Crippen molar-refractivity contribution in [2.24, 2.45) is 0 Å². The Hall–Kier alpha value is -2.70. The Morgan fingerprint density at radius 3 is 1.91 bits per heavy atom. The van der Waals surface area contributed by atoms with Crippen LogP contribution in [0, 0.1) is 27.7 Å². The van der Waals surface area contributed by atoms with Crippen molar-refractivity contribution in [3.63, 3.8) is 0 Å². The number of thiocarbonyl (C=S) groups is 1. The number of aryl methyl sites for hydroxylation is 3. The summed E-state index contributed by atoms with van der Waals surface area (Å²) in [5.41, 5.74) is 8.33. The van der Waals surface area contributed by atoms with Gasteiger partial charge in [0.1, 0.15) is 0 Å². The Bertz CT molecular complexity index is 1060. The topological polar surface area (TPSA) is 36.3 Å². The molecule has 1 aromatic heterocycles. The van der Waals surface area contributed by atoms with E-state index in [0.717, 1.165) is 61.5 Å². The number of benzene rings is 2. The molecule has 0 radical (unpaired) electrons. The first-order valence-electron chi connectivity index (χ1n) is 11.3.